The molecule has 1 saturated heterocycles. The molecule has 2 aromatic heterocycles. The SMILES string of the molecule is Nc1nc([N-]CC2CCCN2)c2sc3cc(Cl)ccc3c2n1. The molecule has 0 spiro atoms. The quantitative estimate of drug-likeness (QED) is 0.764. The molecule has 1 aliphatic heterocycles. The average molecular weight is 333 g/mol. The van der Waals surface area contributed by atoms with Crippen molar-refractivity contribution in [3.05, 3.63) is 28.5 Å². The fourth-order valence-electron chi connectivity index (χ4n) is 2.83. The van der Waals surface area contributed by atoms with Gasteiger partial charge in [-0.25, -0.2) is 4.98 Å². The van der Waals surface area contributed by atoms with E-state index in [9.17, 15) is 0 Å². The van der Waals surface area contributed by atoms with Gasteiger partial charge < -0.3 is 21.4 Å². The lowest BCUT2D eigenvalue weighted by Crippen LogP contribution is -2.24. The smallest absolute Gasteiger partial charge is 0.114 e. The number of halogens is 1. The lowest BCUT2D eigenvalue weighted by Gasteiger charge is -2.20. The summed E-state index contributed by atoms with van der Waals surface area (Å²) < 4.78 is 2.06. The van der Waals surface area contributed by atoms with Crippen molar-refractivity contribution in [2.75, 3.05) is 18.8 Å². The van der Waals surface area contributed by atoms with Gasteiger partial charge in [-0.1, -0.05) is 11.6 Å². The number of nitrogen functional groups attached to an aromatic ring is 1. The highest BCUT2D eigenvalue weighted by Gasteiger charge is 2.13. The van der Waals surface area contributed by atoms with Crippen molar-refractivity contribution >= 4 is 55.0 Å². The molecule has 0 amide bonds. The standard InChI is InChI=1S/C15H15ClN5S/c16-8-3-4-10-11(6-8)22-13-12(10)20-15(17)21-14(13)19-7-9-2-1-5-18-9/h3-4,6,9,18H,1-2,5,7H2,(H2-,17,19,20,21)/q-1. The Kier molecular flexibility index (Phi) is 3.52. The number of fused-ring (bicyclic) bond motifs is 3. The van der Waals surface area contributed by atoms with E-state index in [1.165, 1.54) is 6.42 Å². The number of anilines is 1. The van der Waals surface area contributed by atoms with E-state index in [0.29, 0.717) is 16.9 Å². The van der Waals surface area contributed by atoms with Gasteiger partial charge in [0, 0.05) is 21.2 Å². The van der Waals surface area contributed by atoms with Crippen molar-refractivity contribution in [2.24, 2.45) is 0 Å². The lowest BCUT2D eigenvalue weighted by molar-refractivity contribution is 0.643. The van der Waals surface area contributed by atoms with Gasteiger partial charge in [0.15, 0.2) is 0 Å². The van der Waals surface area contributed by atoms with E-state index in [1.807, 2.05) is 18.2 Å². The van der Waals surface area contributed by atoms with Crippen molar-refractivity contribution in [3.8, 4) is 0 Å². The Bertz CT molecular complexity index is 841. The molecular weight excluding hydrogens is 318 g/mol. The van der Waals surface area contributed by atoms with Crippen LogP contribution in [0.25, 0.3) is 25.6 Å². The predicted molar refractivity (Wildman–Crippen MR) is 93.3 cm³/mol. The maximum Gasteiger partial charge on any atom is 0.114 e. The average Bonchev–Trinajstić information content (AvgIpc) is 3.11. The molecule has 0 saturated carbocycles. The summed E-state index contributed by atoms with van der Waals surface area (Å²) in [6.45, 7) is 1.80. The number of hydrogen-bond acceptors (Lipinski definition) is 5. The Morgan fingerprint density at radius 1 is 1.41 bits per heavy atom. The number of hydrogen-bond donors (Lipinski definition) is 2. The van der Waals surface area contributed by atoms with Crippen molar-refractivity contribution in [3.63, 3.8) is 0 Å². The van der Waals surface area contributed by atoms with Gasteiger partial charge >= 0.3 is 0 Å². The molecule has 0 bridgehead atoms. The van der Waals surface area contributed by atoms with E-state index >= 15 is 0 Å². The molecule has 3 heterocycles. The molecular formula is C15H15ClN5S-. The molecule has 3 aromatic rings. The minimum Gasteiger partial charge on any atom is -0.463 e. The summed E-state index contributed by atoms with van der Waals surface area (Å²) in [5, 5.41) is 9.89. The number of thiophene rings is 1. The second-order valence-corrected chi connectivity index (χ2v) is 6.95. The van der Waals surface area contributed by atoms with Crippen molar-refractivity contribution < 1.29 is 0 Å². The van der Waals surface area contributed by atoms with Crippen LogP contribution in [0.1, 0.15) is 12.8 Å². The summed E-state index contributed by atoms with van der Waals surface area (Å²) in [5.74, 6) is 0.953. The van der Waals surface area contributed by atoms with Gasteiger partial charge in [-0.3, -0.25) is 0 Å². The lowest BCUT2D eigenvalue weighted by atomic mass is 10.2. The van der Waals surface area contributed by atoms with E-state index in [0.717, 1.165) is 39.8 Å². The first-order valence-electron chi connectivity index (χ1n) is 7.27. The Morgan fingerprint density at radius 2 is 2.32 bits per heavy atom. The minimum atomic E-state index is 0.264. The molecule has 114 valence electrons. The zero-order valence-electron chi connectivity index (χ0n) is 11.8. The summed E-state index contributed by atoms with van der Waals surface area (Å²) >= 11 is 7.69. The van der Waals surface area contributed by atoms with Crippen LogP contribution in [0.2, 0.25) is 5.02 Å². The van der Waals surface area contributed by atoms with E-state index in [-0.39, 0.29) is 5.95 Å². The van der Waals surface area contributed by atoms with Crippen molar-refractivity contribution in [1.82, 2.24) is 15.3 Å². The van der Waals surface area contributed by atoms with Crippen LogP contribution < -0.4 is 11.1 Å². The van der Waals surface area contributed by atoms with Crippen LogP contribution in [0.4, 0.5) is 11.8 Å². The van der Waals surface area contributed by atoms with Crippen LogP contribution in [-0.2, 0) is 0 Å². The van der Waals surface area contributed by atoms with Gasteiger partial charge in [0.2, 0.25) is 0 Å². The number of nitrogens with two attached hydrogens (primary N) is 1. The molecule has 3 N–H and O–H groups in total. The van der Waals surface area contributed by atoms with Crippen LogP contribution in [-0.4, -0.2) is 29.1 Å². The third-order valence-electron chi connectivity index (χ3n) is 3.90. The normalized spacial score (nSPS) is 18.3. The van der Waals surface area contributed by atoms with Crippen LogP contribution in [0.15, 0.2) is 18.2 Å². The van der Waals surface area contributed by atoms with Crippen molar-refractivity contribution in [1.29, 1.82) is 0 Å². The number of rotatable bonds is 3. The third kappa shape index (κ3) is 2.47. The van der Waals surface area contributed by atoms with Gasteiger partial charge in [-0.15, -0.1) is 11.3 Å². The van der Waals surface area contributed by atoms with Crippen LogP contribution >= 0.6 is 22.9 Å². The third-order valence-corrected chi connectivity index (χ3v) is 5.27. The molecule has 1 atom stereocenters. The number of aromatic nitrogens is 2. The molecule has 4 rings (SSSR count). The highest BCUT2D eigenvalue weighted by molar-refractivity contribution is 7.26. The van der Waals surface area contributed by atoms with Crippen molar-refractivity contribution in [2.45, 2.75) is 18.9 Å². The fraction of sp³-hybridized carbons (Fsp3) is 0.333. The Morgan fingerprint density at radius 3 is 3.14 bits per heavy atom. The molecule has 22 heavy (non-hydrogen) atoms. The second kappa shape index (κ2) is 5.53. The molecule has 1 aliphatic rings. The number of nitrogens with zero attached hydrogens (tertiary/aromatic N) is 3. The van der Waals surface area contributed by atoms with E-state index in [1.54, 1.807) is 11.3 Å². The first kappa shape index (κ1) is 14.0. The molecule has 5 nitrogen and oxygen atoms in total. The summed E-state index contributed by atoms with van der Waals surface area (Å²) in [4.78, 5) is 8.72. The second-order valence-electron chi connectivity index (χ2n) is 5.46. The molecule has 1 fully saturated rings. The molecule has 0 radical (unpaired) electrons. The van der Waals surface area contributed by atoms with E-state index < -0.39 is 0 Å². The van der Waals surface area contributed by atoms with Gasteiger partial charge in [-0.05, 0) is 49.9 Å². The largest absolute Gasteiger partial charge is 0.463 e. The zero-order chi connectivity index (χ0) is 15.1. The van der Waals surface area contributed by atoms with Gasteiger partial charge in [0.05, 0.1) is 10.2 Å². The summed E-state index contributed by atoms with van der Waals surface area (Å²) in [5.41, 5.74) is 6.73. The highest BCUT2D eigenvalue weighted by atomic mass is 35.5. The van der Waals surface area contributed by atoms with Gasteiger partial charge in [0.1, 0.15) is 5.95 Å². The minimum absolute atomic E-state index is 0.264. The van der Waals surface area contributed by atoms with Gasteiger partial charge in [-0.2, -0.15) is 0 Å². The highest BCUT2D eigenvalue weighted by Crippen LogP contribution is 2.40. The Balaban J connectivity index is 1.77. The maximum absolute atomic E-state index is 6.08. The number of nitrogens with one attached hydrogen (secondary N) is 1. The zero-order valence-corrected chi connectivity index (χ0v) is 13.4. The molecule has 0 aliphatic carbocycles. The first-order chi connectivity index (χ1) is 10.7. The Hall–Kier alpha value is -1.63. The van der Waals surface area contributed by atoms with Crippen LogP contribution in [0, 0.1) is 0 Å². The van der Waals surface area contributed by atoms with E-state index in [4.69, 9.17) is 17.3 Å². The monoisotopic (exact) mass is 332 g/mol. The first-order valence-corrected chi connectivity index (χ1v) is 8.46. The number of benzene rings is 1. The molecule has 1 unspecified atom stereocenters. The summed E-state index contributed by atoms with van der Waals surface area (Å²) in [7, 11) is 0. The van der Waals surface area contributed by atoms with Gasteiger partial charge in [0.25, 0.3) is 0 Å². The summed E-state index contributed by atoms with van der Waals surface area (Å²) in [6.07, 6.45) is 2.37. The summed E-state index contributed by atoms with van der Waals surface area (Å²) in [6, 6.07) is 6.23. The fourth-order valence-corrected chi connectivity index (χ4v) is 4.21. The molecule has 7 heteroatoms. The maximum atomic E-state index is 6.08. The Labute approximate surface area is 136 Å². The molecule has 1 aromatic carbocycles. The van der Waals surface area contributed by atoms with E-state index in [2.05, 4.69) is 20.6 Å². The predicted octanol–water partition coefficient (Wildman–Crippen LogP) is 3.84. The van der Waals surface area contributed by atoms with Crippen LogP contribution in [0.3, 0.4) is 0 Å². The topological polar surface area (TPSA) is 77.9 Å². The van der Waals surface area contributed by atoms with Crippen LogP contribution in [0.5, 0.6) is 0 Å².